The molecule has 0 fully saturated rings. The van der Waals surface area contributed by atoms with Crippen molar-refractivity contribution in [3.8, 4) is 0 Å². The fraction of sp³-hybridized carbons (Fsp3) is 0.400. The number of rotatable bonds is 0. The van der Waals surface area contributed by atoms with E-state index < -0.39 is 0 Å². The summed E-state index contributed by atoms with van der Waals surface area (Å²) < 4.78 is 2.10. The molecule has 0 radical (unpaired) electrons. The van der Waals surface area contributed by atoms with Gasteiger partial charge in [0.15, 0.2) is 5.84 Å². The topological polar surface area (TPSA) is 28.3 Å². The van der Waals surface area contributed by atoms with E-state index in [1.807, 2.05) is 14.0 Å². The number of anilines is 1. The highest BCUT2D eigenvalue weighted by Crippen LogP contribution is 2.19. The molecule has 0 aromatic carbocycles. The number of hydrogen-bond donors (Lipinski definition) is 1. The summed E-state index contributed by atoms with van der Waals surface area (Å²) in [6, 6.07) is 2.12. The van der Waals surface area contributed by atoms with Gasteiger partial charge in [-0.05, 0) is 18.6 Å². The molecule has 2 rings (SSSR count). The molecule has 0 spiro atoms. The number of aliphatic imine (C=N–C) groups is 1. The SMILES string of the molecule is CC1=NCc2c(C)cc[n+](C)c2N1. The monoisotopic (exact) mass is 176 g/mol. The van der Waals surface area contributed by atoms with Crippen molar-refractivity contribution in [2.75, 3.05) is 5.32 Å². The minimum atomic E-state index is 0.800. The summed E-state index contributed by atoms with van der Waals surface area (Å²) in [6.07, 6.45) is 2.07. The zero-order chi connectivity index (χ0) is 9.42. The second-order valence-corrected chi connectivity index (χ2v) is 3.46. The van der Waals surface area contributed by atoms with Crippen LogP contribution in [0, 0.1) is 6.92 Å². The Labute approximate surface area is 78.1 Å². The summed E-state index contributed by atoms with van der Waals surface area (Å²) in [5, 5.41) is 3.28. The second-order valence-electron chi connectivity index (χ2n) is 3.46. The largest absolute Gasteiger partial charge is 0.285 e. The maximum Gasteiger partial charge on any atom is 0.285 e. The van der Waals surface area contributed by atoms with Crippen molar-refractivity contribution in [3.63, 3.8) is 0 Å². The van der Waals surface area contributed by atoms with Crippen LogP contribution in [0.1, 0.15) is 18.1 Å². The first-order valence-electron chi connectivity index (χ1n) is 4.44. The van der Waals surface area contributed by atoms with Gasteiger partial charge in [-0.25, -0.2) is 14.9 Å². The first kappa shape index (κ1) is 8.23. The third kappa shape index (κ3) is 1.30. The summed E-state index contributed by atoms with van der Waals surface area (Å²) in [5.74, 6) is 2.17. The average molecular weight is 176 g/mol. The lowest BCUT2D eigenvalue weighted by Gasteiger charge is -2.13. The fourth-order valence-corrected chi connectivity index (χ4v) is 1.57. The number of aromatic nitrogens is 1. The van der Waals surface area contributed by atoms with E-state index in [9.17, 15) is 0 Å². The van der Waals surface area contributed by atoms with Crippen LogP contribution in [-0.4, -0.2) is 5.84 Å². The smallest absolute Gasteiger partial charge is 0.247 e. The lowest BCUT2D eigenvalue weighted by Crippen LogP contribution is -2.36. The molecular formula is C10H14N3+. The Hall–Kier alpha value is -1.38. The zero-order valence-corrected chi connectivity index (χ0v) is 8.26. The third-order valence-electron chi connectivity index (χ3n) is 2.44. The van der Waals surface area contributed by atoms with E-state index in [1.54, 1.807) is 0 Å². The molecule has 0 saturated heterocycles. The Kier molecular flexibility index (Phi) is 1.79. The predicted octanol–water partition coefficient (Wildman–Crippen LogP) is 1.16. The van der Waals surface area contributed by atoms with Gasteiger partial charge in [0.25, 0.3) is 5.82 Å². The summed E-state index contributed by atoms with van der Waals surface area (Å²) in [4.78, 5) is 4.37. The van der Waals surface area contributed by atoms with E-state index >= 15 is 0 Å². The Morgan fingerprint density at radius 3 is 3.00 bits per heavy atom. The van der Waals surface area contributed by atoms with Gasteiger partial charge in [-0.15, -0.1) is 0 Å². The molecule has 0 saturated carbocycles. The Morgan fingerprint density at radius 1 is 1.46 bits per heavy atom. The third-order valence-corrected chi connectivity index (χ3v) is 2.44. The number of aryl methyl sites for hydroxylation is 2. The van der Waals surface area contributed by atoms with E-state index in [0.29, 0.717) is 0 Å². The van der Waals surface area contributed by atoms with Gasteiger partial charge in [-0.3, -0.25) is 0 Å². The number of nitrogens with one attached hydrogen (secondary N) is 1. The highest BCUT2D eigenvalue weighted by Gasteiger charge is 2.19. The highest BCUT2D eigenvalue weighted by molar-refractivity contribution is 5.94. The maximum absolute atomic E-state index is 4.37. The van der Waals surface area contributed by atoms with Crippen LogP contribution in [0.3, 0.4) is 0 Å². The van der Waals surface area contributed by atoms with Crippen molar-refractivity contribution in [2.45, 2.75) is 20.4 Å². The maximum atomic E-state index is 4.37. The minimum Gasteiger partial charge on any atom is -0.247 e. The van der Waals surface area contributed by atoms with Gasteiger partial charge >= 0.3 is 0 Å². The van der Waals surface area contributed by atoms with Gasteiger partial charge in [0, 0.05) is 6.92 Å². The molecule has 1 aromatic rings. The lowest BCUT2D eigenvalue weighted by molar-refractivity contribution is -0.657. The van der Waals surface area contributed by atoms with Crippen molar-refractivity contribution < 1.29 is 4.57 Å². The Balaban J connectivity index is 2.56. The molecule has 0 unspecified atom stereocenters. The van der Waals surface area contributed by atoms with E-state index in [1.165, 1.54) is 16.9 Å². The van der Waals surface area contributed by atoms with E-state index in [2.05, 4.69) is 34.1 Å². The molecule has 13 heavy (non-hydrogen) atoms. The molecule has 1 aliphatic rings. The van der Waals surface area contributed by atoms with Gasteiger partial charge in [0.05, 0.1) is 25.4 Å². The van der Waals surface area contributed by atoms with Gasteiger partial charge in [-0.1, -0.05) is 0 Å². The van der Waals surface area contributed by atoms with Crippen molar-refractivity contribution in [1.82, 2.24) is 0 Å². The van der Waals surface area contributed by atoms with Gasteiger partial charge in [-0.2, -0.15) is 0 Å². The second kappa shape index (κ2) is 2.83. The van der Waals surface area contributed by atoms with Crippen molar-refractivity contribution in [3.05, 3.63) is 23.4 Å². The number of hydrogen-bond acceptors (Lipinski definition) is 2. The molecule has 68 valence electrons. The van der Waals surface area contributed by atoms with Crippen molar-refractivity contribution in [2.24, 2.45) is 12.0 Å². The molecule has 1 aromatic heterocycles. The van der Waals surface area contributed by atoms with E-state index in [0.717, 1.165) is 12.4 Å². The molecule has 0 atom stereocenters. The van der Waals surface area contributed by atoms with Crippen molar-refractivity contribution >= 4 is 11.7 Å². The Morgan fingerprint density at radius 2 is 2.23 bits per heavy atom. The van der Waals surface area contributed by atoms with E-state index in [-0.39, 0.29) is 0 Å². The first-order valence-corrected chi connectivity index (χ1v) is 4.44. The molecule has 1 aliphatic heterocycles. The molecule has 1 N–H and O–H groups in total. The standard InChI is InChI=1S/C10H13N3/c1-7-4-5-13(3)10-9(7)6-11-8(2)12-10/h4-5H,6H2,1-3H3/p+1. The fourth-order valence-electron chi connectivity index (χ4n) is 1.57. The van der Waals surface area contributed by atoms with Crippen LogP contribution in [0.2, 0.25) is 0 Å². The molecule has 3 heteroatoms. The van der Waals surface area contributed by atoms with Crippen LogP contribution in [-0.2, 0) is 13.6 Å². The normalized spacial score (nSPS) is 14.5. The molecule has 2 heterocycles. The summed E-state index contributed by atoms with van der Waals surface area (Å²) >= 11 is 0. The molecule has 3 nitrogen and oxygen atoms in total. The number of nitrogens with zero attached hydrogens (tertiary/aromatic N) is 2. The van der Waals surface area contributed by atoms with Crippen LogP contribution in [0.4, 0.5) is 5.82 Å². The first-order chi connectivity index (χ1) is 6.18. The minimum absolute atomic E-state index is 0.800. The van der Waals surface area contributed by atoms with Gasteiger partial charge < -0.3 is 0 Å². The van der Waals surface area contributed by atoms with Crippen LogP contribution in [0.25, 0.3) is 0 Å². The molecular weight excluding hydrogens is 162 g/mol. The van der Waals surface area contributed by atoms with Crippen LogP contribution >= 0.6 is 0 Å². The number of pyridine rings is 1. The zero-order valence-electron chi connectivity index (χ0n) is 8.26. The quantitative estimate of drug-likeness (QED) is 0.590. The molecule has 0 aliphatic carbocycles. The summed E-state index contributed by atoms with van der Waals surface area (Å²) in [5.41, 5.74) is 2.60. The summed E-state index contributed by atoms with van der Waals surface area (Å²) in [6.45, 7) is 4.91. The van der Waals surface area contributed by atoms with Crippen LogP contribution in [0.15, 0.2) is 17.3 Å². The van der Waals surface area contributed by atoms with Gasteiger partial charge in [0.1, 0.15) is 0 Å². The molecule has 0 bridgehead atoms. The van der Waals surface area contributed by atoms with Crippen LogP contribution < -0.4 is 9.88 Å². The van der Waals surface area contributed by atoms with E-state index in [4.69, 9.17) is 0 Å². The van der Waals surface area contributed by atoms with Gasteiger partial charge in [0.2, 0.25) is 0 Å². The highest BCUT2D eigenvalue weighted by atomic mass is 15.1. The van der Waals surface area contributed by atoms with Crippen LogP contribution in [0.5, 0.6) is 0 Å². The predicted molar refractivity (Wildman–Crippen MR) is 52.8 cm³/mol. The number of fused-ring (bicyclic) bond motifs is 1. The molecule has 0 amide bonds. The van der Waals surface area contributed by atoms with Crippen molar-refractivity contribution in [1.29, 1.82) is 0 Å². The Bertz CT molecular complexity index is 380. The summed E-state index contributed by atoms with van der Waals surface area (Å²) in [7, 11) is 2.05. The average Bonchev–Trinajstić information content (AvgIpc) is 2.12. The number of amidine groups is 1. The lowest BCUT2D eigenvalue weighted by atomic mass is 10.1.